The molecule has 0 fully saturated rings. The molecule has 0 radical (unpaired) electrons. The average molecular weight is 644 g/mol. The minimum absolute atomic E-state index is 0.646. The Morgan fingerprint density at radius 3 is 1.29 bits per heavy atom. The molecule has 0 unspecified atom stereocenters. The van der Waals surface area contributed by atoms with Crippen LogP contribution >= 0.6 is 11.3 Å². The van der Waals surface area contributed by atoms with Gasteiger partial charge in [-0.1, -0.05) is 152 Å². The highest BCUT2D eigenvalue weighted by atomic mass is 32.1. The summed E-state index contributed by atoms with van der Waals surface area (Å²) < 4.78 is 2.64. The lowest BCUT2D eigenvalue weighted by molar-refractivity contribution is 1.07. The Bertz CT molecular complexity index is 2570. The third kappa shape index (κ3) is 5.69. The molecule has 9 rings (SSSR count). The maximum absolute atomic E-state index is 4.98. The number of fused-ring (bicyclic) bond motifs is 3. The molecule has 49 heavy (non-hydrogen) atoms. The SMILES string of the molecule is c1ccc(-c2ccc(-c3nc(-c4ccccc4)nc(-c4ccc(-c5cccc(-c6ccc7sc8ccccc8c7c6)c5)cc4)n3)cc2)cc1. The van der Waals surface area contributed by atoms with Gasteiger partial charge in [0.2, 0.25) is 0 Å². The number of hydrogen-bond acceptors (Lipinski definition) is 4. The summed E-state index contributed by atoms with van der Waals surface area (Å²) in [7, 11) is 0. The van der Waals surface area contributed by atoms with Gasteiger partial charge in [0.25, 0.3) is 0 Å². The van der Waals surface area contributed by atoms with Gasteiger partial charge in [0.05, 0.1) is 0 Å². The molecule has 9 aromatic rings. The molecule has 0 saturated heterocycles. The first-order valence-electron chi connectivity index (χ1n) is 16.4. The topological polar surface area (TPSA) is 38.7 Å². The van der Waals surface area contributed by atoms with Crippen LogP contribution in [-0.2, 0) is 0 Å². The number of benzene rings is 7. The summed E-state index contributed by atoms with van der Waals surface area (Å²) in [5.74, 6) is 1.95. The second-order valence-electron chi connectivity index (χ2n) is 12.1. The highest BCUT2D eigenvalue weighted by molar-refractivity contribution is 7.25. The van der Waals surface area contributed by atoms with E-state index in [1.54, 1.807) is 0 Å². The summed E-state index contributed by atoms with van der Waals surface area (Å²) in [5, 5.41) is 2.63. The van der Waals surface area contributed by atoms with Crippen molar-refractivity contribution in [2.24, 2.45) is 0 Å². The van der Waals surface area contributed by atoms with E-state index in [2.05, 4.69) is 140 Å². The van der Waals surface area contributed by atoms with Crippen LogP contribution < -0.4 is 0 Å². The lowest BCUT2D eigenvalue weighted by atomic mass is 9.97. The van der Waals surface area contributed by atoms with E-state index in [9.17, 15) is 0 Å². The van der Waals surface area contributed by atoms with Gasteiger partial charge in [0.15, 0.2) is 17.5 Å². The lowest BCUT2D eigenvalue weighted by Crippen LogP contribution is -2.00. The predicted molar refractivity (Wildman–Crippen MR) is 205 cm³/mol. The van der Waals surface area contributed by atoms with E-state index in [-0.39, 0.29) is 0 Å². The van der Waals surface area contributed by atoms with E-state index < -0.39 is 0 Å². The molecule has 2 aromatic heterocycles. The van der Waals surface area contributed by atoms with Crippen LogP contribution in [0.15, 0.2) is 176 Å². The third-order valence-electron chi connectivity index (χ3n) is 8.97. The van der Waals surface area contributed by atoms with Crippen molar-refractivity contribution < 1.29 is 0 Å². The molecule has 0 saturated carbocycles. The van der Waals surface area contributed by atoms with Crippen molar-refractivity contribution in [1.82, 2.24) is 15.0 Å². The third-order valence-corrected chi connectivity index (χ3v) is 10.1. The molecular formula is C45H29N3S. The fourth-order valence-electron chi connectivity index (χ4n) is 6.39. The van der Waals surface area contributed by atoms with Gasteiger partial charge in [0.1, 0.15) is 0 Å². The van der Waals surface area contributed by atoms with Gasteiger partial charge >= 0.3 is 0 Å². The van der Waals surface area contributed by atoms with Crippen molar-refractivity contribution in [3.63, 3.8) is 0 Å². The quantitative estimate of drug-likeness (QED) is 0.181. The number of rotatable bonds is 6. The zero-order valence-electron chi connectivity index (χ0n) is 26.5. The summed E-state index contributed by atoms with van der Waals surface area (Å²) >= 11 is 1.85. The Kier molecular flexibility index (Phi) is 7.34. The van der Waals surface area contributed by atoms with Crippen molar-refractivity contribution in [3.8, 4) is 67.5 Å². The highest BCUT2D eigenvalue weighted by Gasteiger charge is 2.13. The van der Waals surface area contributed by atoms with Gasteiger partial charge in [-0.15, -0.1) is 11.3 Å². The highest BCUT2D eigenvalue weighted by Crippen LogP contribution is 2.37. The number of nitrogens with zero attached hydrogens (tertiary/aromatic N) is 3. The van der Waals surface area contributed by atoms with Crippen LogP contribution in [0.1, 0.15) is 0 Å². The molecule has 0 atom stereocenters. The summed E-state index contributed by atoms with van der Waals surface area (Å²) in [6, 6.07) is 61.7. The van der Waals surface area contributed by atoms with Crippen LogP contribution in [0.5, 0.6) is 0 Å². The first-order valence-corrected chi connectivity index (χ1v) is 17.2. The molecule has 4 heteroatoms. The molecule has 3 nitrogen and oxygen atoms in total. The Balaban J connectivity index is 1.05. The van der Waals surface area contributed by atoms with Crippen molar-refractivity contribution in [3.05, 3.63) is 176 Å². The largest absolute Gasteiger partial charge is 0.208 e. The number of thiophene rings is 1. The fourth-order valence-corrected chi connectivity index (χ4v) is 7.47. The molecule has 0 bridgehead atoms. The maximum atomic E-state index is 4.98. The molecule has 0 spiro atoms. The van der Waals surface area contributed by atoms with E-state index in [0.717, 1.165) is 27.8 Å². The Morgan fingerprint density at radius 1 is 0.265 bits per heavy atom. The van der Waals surface area contributed by atoms with Gasteiger partial charge in [-0.2, -0.15) is 0 Å². The fraction of sp³-hybridized carbons (Fsp3) is 0. The van der Waals surface area contributed by atoms with Crippen molar-refractivity contribution in [2.45, 2.75) is 0 Å². The van der Waals surface area contributed by atoms with Crippen molar-refractivity contribution in [1.29, 1.82) is 0 Å². The lowest BCUT2D eigenvalue weighted by Gasteiger charge is -2.10. The molecule has 0 aliphatic carbocycles. The molecule has 0 aliphatic heterocycles. The zero-order chi connectivity index (χ0) is 32.6. The number of hydrogen-bond donors (Lipinski definition) is 0. The molecule has 230 valence electrons. The normalized spacial score (nSPS) is 11.3. The smallest absolute Gasteiger partial charge is 0.164 e. The molecule has 7 aromatic carbocycles. The minimum Gasteiger partial charge on any atom is -0.208 e. The van der Waals surface area contributed by atoms with Crippen molar-refractivity contribution >= 4 is 31.5 Å². The zero-order valence-corrected chi connectivity index (χ0v) is 27.3. The van der Waals surface area contributed by atoms with Gasteiger partial charge in [-0.25, -0.2) is 15.0 Å². The van der Waals surface area contributed by atoms with Crippen LogP contribution in [0.4, 0.5) is 0 Å². The first kappa shape index (κ1) is 29.0. The van der Waals surface area contributed by atoms with E-state index >= 15 is 0 Å². The summed E-state index contributed by atoms with van der Waals surface area (Å²) in [6.07, 6.45) is 0. The van der Waals surface area contributed by atoms with Crippen LogP contribution in [-0.4, -0.2) is 15.0 Å². The Labute approximate surface area is 288 Å². The summed E-state index contributed by atoms with van der Waals surface area (Å²) in [5.41, 5.74) is 9.90. The van der Waals surface area contributed by atoms with Crippen molar-refractivity contribution in [2.75, 3.05) is 0 Å². The molecule has 0 amide bonds. The Hall–Kier alpha value is -6.23. The van der Waals surface area contributed by atoms with Crippen LogP contribution in [0.25, 0.3) is 87.7 Å². The standard InChI is InChI=1S/C45H29N3S/c1-3-10-30(11-4-1)31-18-22-34(23-19-31)44-46-43(33-12-5-2-6-13-33)47-45(48-44)35-24-20-32(21-25-35)36-14-9-15-37(28-36)38-26-27-42-40(29-38)39-16-7-8-17-41(39)49-42/h1-29H. The van der Waals surface area contributed by atoms with E-state index in [0.29, 0.717) is 17.5 Å². The Morgan fingerprint density at radius 2 is 0.653 bits per heavy atom. The van der Waals surface area contributed by atoms with E-state index in [1.807, 2.05) is 47.7 Å². The monoisotopic (exact) mass is 643 g/mol. The van der Waals surface area contributed by atoms with Gasteiger partial charge < -0.3 is 0 Å². The second-order valence-corrected chi connectivity index (χ2v) is 13.2. The van der Waals surface area contributed by atoms with Gasteiger partial charge in [-0.05, 0) is 57.6 Å². The summed E-state index contributed by atoms with van der Waals surface area (Å²) in [4.78, 5) is 14.8. The molecule has 2 heterocycles. The van der Waals surface area contributed by atoms with Crippen LogP contribution in [0.3, 0.4) is 0 Å². The van der Waals surface area contributed by atoms with E-state index in [1.165, 1.54) is 42.4 Å². The first-order chi connectivity index (χ1) is 24.2. The predicted octanol–water partition coefficient (Wildman–Crippen LogP) is 12.2. The maximum Gasteiger partial charge on any atom is 0.164 e. The molecule has 0 aliphatic rings. The van der Waals surface area contributed by atoms with Crippen LogP contribution in [0.2, 0.25) is 0 Å². The minimum atomic E-state index is 0.646. The average Bonchev–Trinajstić information content (AvgIpc) is 3.57. The van der Waals surface area contributed by atoms with Gasteiger partial charge in [0, 0.05) is 36.9 Å². The van der Waals surface area contributed by atoms with E-state index in [4.69, 9.17) is 15.0 Å². The van der Waals surface area contributed by atoms with Gasteiger partial charge in [-0.3, -0.25) is 0 Å². The number of aromatic nitrogens is 3. The molecular weight excluding hydrogens is 615 g/mol. The second kappa shape index (κ2) is 12.4. The molecule has 0 N–H and O–H groups in total. The summed E-state index contributed by atoms with van der Waals surface area (Å²) in [6.45, 7) is 0. The van der Waals surface area contributed by atoms with Crippen LogP contribution in [0, 0.1) is 0 Å².